The minimum atomic E-state index is -0.344. The molecule has 1 atom stereocenters. The predicted molar refractivity (Wildman–Crippen MR) is 63.5 cm³/mol. The summed E-state index contributed by atoms with van der Waals surface area (Å²) in [4.78, 5) is 11.5. The van der Waals surface area contributed by atoms with Gasteiger partial charge >= 0.3 is 0 Å². The maximum absolute atomic E-state index is 11.5. The molecule has 0 fully saturated rings. The van der Waals surface area contributed by atoms with E-state index in [9.17, 15) is 4.79 Å². The van der Waals surface area contributed by atoms with Gasteiger partial charge in [0.2, 0.25) is 5.91 Å². The monoisotopic (exact) mass is 218 g/mol. The van der Waals surface area contributed by atoms with Gasteiger partial charge in [-0.3, -0.25) is 4.79 Å². The quantitative estimate of drug-likeness (QED) is 0.678. The first-order valence-corrected chi connectivity index (χ1v) is 6.59. The van der Waals surface area contributed by atoms with Crippen LogP contribution in [-0.4, -0.2) is 30.0 Å². The van der Waals surface area contributed by atoms with Gasteiger partial charge < -0.3 is 11.1 Å². The van der Waals surface area contributed by atoms with Crippen molar-refractivity contribution in [2.24, 2.45) is 5.73 Å². The summed E-state index contributed by atoms with van der Waals surface area (Å²) in [5, 5.41) is 2.95. The van der Waals surface area contributed by atoms with Crippen LogP contribution in [0.3, 0.4) is 0 Å². The van der Waals surface area contributed by atoms with Crippen LogP contribution in [0.2, 0.25) is 0 Å². The topological polar surface area (TPSA) is 55.1 Å². The Morgan fingerprint density at radius 1 is 1.43 bits per heavy atom. The van der Waals surface area contributed by atoms with Crippen LogP contribution in [-0.2, 0) is 4.79 Å². The summed E-state index contributed by atoms with van der Waals surface area (Å²) < 4.78 is 0. The number of nitrogens with two attached hydrogens (primary N) is 1. The molecule has 0 saturated heterocycles. The van der Waals surface area contributed by atoms with Crippen LogP contribution >= 0.6 is 11.8 Å². The standard InChI is InChI=1S/C10H22N2OS/c1-4-8(5-2)12-10(13)9(11)6-7-14-3/h8-9H,4-7,11H2,1-3H3,(H,12,13)/t9-/m1/s1. The zero-order valence-corrected chi connectivity index (χ0v) is 10.2. The lowest BCUT2D eigenvalue weighted by Crippen LogP contribution is -2.45. The van der Waals surface area contributed by atoms with E-state index in [1.165, 1.54) is 0 Å². The number of carbonyl (C=O) groups excluding carboxylic acids is 1. The second kappa shape index (κ2) is 8.12. The van der Waals surface area contributed by atoms with E-state index in [0.29, 0.717) is 0 Å². The van der Waals surface area contributed by atoms with E-state index >= 15 is 0 Å². The molecule has 0 aromatic heterocycles. The molecular weight excluding hydrogens is 196 g/mol. The fraction of sp³-hybridized carbons (Fsp3) is 0.900. The van der Waals surface area contributed by atoms with Gasteiger partial charge in [0.15, 0.2) is 0 Å². The van der Waals surface area contributed by atoms with Crippen molar-refractivity contribution in [3.63, 3.8) is 0 Å². The molecule has 0 aromatic carbocycles. The first-order valence-electron chi connectivity index (χ1n) is 5.20. The summed E-state index contributed by atoms with van der Waals surface area (Å²) in [7, 11) is 0. The number of rotatable bonds is 7. The van der Waals surface area contributed by atoms with Gasteiger partial charge in [-0.15, -0.1) is 0 Å². The van der Waals surface area contributed by atoms with Crippen molar-refractivity contribution in [2.75, 3.05) is 12.0 Å². The van der Waals surface area contributed by atoms with Gasteiger partial charge in [-0.2, -0.15) is 11.8 Å². The Morgan fingerprint density at radius 3 is 2.43 bits per heavy atom. The van der Waals surface area contributed by atoms with Gasteiger partial charge in [-0.05, 0) is 31.3 Å². The smallest absolute Gasteiger partial charge is 0.237 e. The van der Waals surface area contributed by atoms with Crippen molar-refractivity contribution in [2.45, 2.75) is 45.2 Å². The third-order valence-corrected chi connectivity index (χ3v) is 2.95. The fourth-order valence-corrected chi connectivity index (χ4v) is 1.67. The first-order chi connectivity index (χ1) is 6.65. The van der Waals surface area contributed by atoms with Crippen molar-refractivity contribution in [1.29, 1.82) is 0 Å². The zero-order chi connectivity index (χ0) is 11.0. The molecule has 0 aliphatic carbocycles. The predicted octanol–water partition coefficient (Wildman–Crippen LogP) is 1.37. The number of hydrogen-bond acceptors (Lipinski definition) is 3. The molecule has 14 heavy (non-hydrogen) atoms. The number of thioether (sulfide) groups is 1. The summed E-state index contributed by atoms with van der Waals surface area (Å²) in [6.45, 7) is 4.14. The second-order valence-corrected chi connectivity index (χ2v) is 4.40. The highest BCUT2D eigenvalue weighted by atomic mass is 32.2. The van der Waals surface area contributed by atoms with E-state index in [1.807, 2.05) is 6.26 Å². The van der Waals surface area contributed by atoms with Gasteiger partial charge in [-0.1, -0.05) is 13.8 Å². The number of amides is 1. The lowest BCUT2D eigenvalue weighted by Gasteiger charge is -2.18. The molecule has 3 nitrogen and oxygen atoms in total. The highest BCUT2D eigenvalue weighted by Crippen LogP contribution is 2.01. The van der Waals surface area contributed by atoms with Crippen LogP contribution in [0.15, 0.2) is 0 Å². The van der Waals surface area contributed by atoms with Crippen LogP contribution in [0.25, 0.3) is 0 Å². The molecule has 0 bridgehead atoms. The Bertz CT molecular complexity index is 160. The van der Waals surface area contributed by atoms with Crippen molar-refractivity contribution in [3.05, 3.63) is 0 Å². The summed E-state index contributed by atoms with van der Waals surface area (Å²) in [5.74, 6) is 0.935. The van der Waals surface area contributed by atoms with E-state index in [0.717, 1.165) is 25.0 Å². The Kier molecular flexibility index (Phi) is 7.99. The Hall–Kier alpha value is -0.220. The van der Waals surface area contributed by atoms with E-state index in [4.69, 9.17) is 5.73 Å². The second-order valence-electron chi connectivity index (χ2n) is 3.41. The third kappa shape index (κ3) is 5.50. The van der Waals surface area contributed by atoms with Crippen LogP contribution in [0.1, 0.15) is 33.1 Å². The van der Waals surface area contributed by atoms with E-state index in [2.05, 4.69) is 19.2 Å². The zero-order valence-electron chi connectivity index (χ0n) is 9.38. The maximum Gasteiger partial charge on any atom is 0.237 e. The van der Waals surface area contributed by atoms with Crippen molar-refractivity contribution in [3.8, 4) is 0 Å². The summed E-state index contributed by atoms with van der Waals surface area (Å²) in [5.41, 5.74) is 5.74. The van der Waals surface area contributed by atoms with Crippen LogP contribution in [0.4, 0.5) is 0 Å². The van der Waals surface area contributed by atoms with Gasteiger partial charge in [-0.25, -0.2) is 0 Å². The molecule has 4 heteroatoms. The summed E-state index contributed by atoms with van der Waals surface area (Å²) in [6.07, 6.45) is 4.72. The van der Waals surface area contributed by atoms with Gasteiger partial charge in [0.25, 0.3) is 0 Å². The largest absolute Gasteiger partial charge is 0.352 e. The average molecular weight is 218 g/mol. The van der Waals surface area contributed by atoms with Crippen molar-refractivity contribution in [1.82, 2.24) is 5.32 Å². The van der Waals surface area contributed by atoms with Gasteiger partial charge in [0.1, 0.15) is 0 Å². The lowest BCUT2D eigenvalue weighted by molar-refractivity contribution is -0.123. The van der Waals surface area contributed by atoms with Crippen LogP contribution < -0.4 is 11.1 Å². The highest BCUT2D eigenvalue weighted by molar-refractivity contribution is 7.98. The molecular formula is C10H22N2OS. The van der Waals surface area contributed by atoms with E-state index in [-0.39, 0.29) is 18.0 Å². The normalized spacial score (nSPS) is 12.9. The minimum absolute atomic E-state index is 0.00671. The molecule has 84 valence electrons. The molecule has 0 aliphatic heterocycles. The third-order valence-electron chi connectivity index (χ3n) is 2.30. The molecule has 1 amide bonds. The van der Waals surface area contributed by atoms with E-state index < -0.39 is 0 Å². The molecule has 0 aliphatic rings. The Morgan fingerprint density at radius 2 is 2.00 bits per heavy atom. The molecule has 0 radical (unpaired) electrons. The van der Waals surface area contributed by atoms with Crippen molar-refractivity contribution < 1.29 is 4.79 Å². The highest BCUT2D eigenvalue weighted by Gasteiger charge is 2.15. The molecule has 0 spiro atoms. The fourth-order valence-electron chi connectivity index (χ4n) is 1.18. The minimum Gasteiger partial charge on any atom is -0.352 e. The van der Waals surface area contributed by atoms with Crippen LogP contribution in [0, 0.1) is 0 Å². The molecule has 0 unspecified atom stereocenters. The average Bonchev–Trinajstić information content (AvgIpc) is 2.21. The molecule has 0 heterocycles. The van der Waals surface area contributed by atoms with Gasteiger partial charge in [0.05, 0.1) is 6.04 Å². The number of carbonyl (C=O) groups is 1. The maximum atomic E-state index is 11.5. The molecule has 0 aromatic rings. The molecule has 3 N–H and O–H groups in total. The molecule has 0 saturated carbocycles. The first kappa shape index (κ1) is 13.8. The molecule has 0 rings (SSSR count). The summed E-state index contributed by atoms with van der Waals surface area (Å²) >= 11 is 1.72. The SMILES string of the molecule is CCC(CC)NC(=O)[C@H](N)CCSC. The Balaban J connectivity index is 3.81. The van der Waals surface area contributed by atoms with Gasteiger partial charge in [0, 0.05) is 6.04 Å². The number of hydrogen-bond donors (Lipinski definition) is 2. The van der Waals surface area contributed by atoms with Crippen molar-refractivity contribution >= 4 is 17.7 Å². The number of nitrogens with one attached hydrogen (secondary N) is 1. The van der Waals surface area contributed by atoms with Crippen LogP contribution in [0.5, 0.6) is 0 Å². The van der Waals surface area contributed by atoms with E-state index in [1.54, 1.807) is 11.8 Å². The Labute approximate surface area is 91.2 Å². The lowest BCUT2D eigenvalue weighted by atomic mass is 10.1. The summed E-state index contributed by atoms with van der Waals surface area (Å²) in [6, 6.07) is -0.0640.